The van der Waals surface area contributed by atoms with Crippen LogP contribution in [0.5, 0.6) is 17.2 Å². The Hall–Kier alpha value is -3.54. The fourth-order valence-electron chi connectivity index (χ4n) is 3.78. The molecule has 0 radical (unpaired) electrons. The van der Waals surface area contributed by atoms with E-state index in [1.807, 2.05) is 41.3 Å². The summed E-state index contributed by atoms with van der Waals surface area (Å²) in [6, 6.07) is 20.6. The monoisotopic (exact) mass is 435 g/mol. The molecule has 0 spiro atoms. The maximum Gasteiger partial charge on any atom is 0.226 e. The van der Waals surface area contributed by atoms with Gasteiger partial charge in [0.15, 0.2) is 0 Å². The Morgan fingerprint density at radius 3 is 2.34 bits per heavy atom. The van der Waals surface area contributed by atoms with Gasteiger partial charge in [0.2, 0.25) is 5.91 Å². The molecule has 0 bridgehead atoms. The van der Waals surface area contributed by atoms with Gasteiger partial charge in [-0.3, -0.25) is 4.79 Å². The van der Waals surface area contributed by atoms with E-state index < -0.39 is 0 Å². The number of nitrogens with zero attached hydrogens (tertiary/aromatic N) is 1. The summed E-state index contributed by atoms with van der Waals surface area (Å²) in [5.74, 6) is 1.41. The topological polar surface area (TPSA) is 59.0 Å². The van der Waals surface area contributed by atoms with E-state index in [1.54, 1.807) is 24.3 Å². The molecule has 3 aromatic carbocycles. The van der Waals surface area contributed by atoms with Crippen molar-refractivity contribution < 1.29 is 23.8 Å². The molecule has 1 N–H and O–H groups in total. The maximum atomic E-state index is 13.2. The normalized spacial score (nSPS) is 14.2. The standard InChI is InChI=1S/C26H26FNO4/c27-21-5-1-4-20(15-21)18-31-23-7-9-24(10-8-23)32-25-11-13-28(14-12-25)26(30)17-19-3-2-6-22(29)16-19/h1-10,15-16,25,29H,11-14,17-18H2. The zero-order valence-corrected chi connectivity index (χ0v) is 17.7. The van der Waals surface area contributed by atoms with Crippen LogP contribution in [-0.4, -0.2) is 35.1 Å². The third-order valence-corrected chi connectivity index (χ3v) is 5.48. The Kier molecular flexibility index (Phi) is 6.90. The Labute approximate surface area is 187 Å². The SMILES string of the molecule is O=C(Cc1cccc(O)c1)N1CCC(Oc2ccc(OCc3cccc(F)c3)cc2)CC1. The zero-order valence-electron chi connectivity index (χ0n) is 17.7. The average Bonchev–Trinajstić information content (AvgIpc) is 2.79. The lowest BCUT2D eigenvalue weighted by molar-refractivity contribution is -0.132. The van der Waals surface area contributed by atoms with Gasteiger partial charge in [0.1, 0.15) is 35.8 Å². The number of likely N-dealkylation sites (tertiary alicyclic amines) is 1. The quantitative estimate of drug-likeness (QED) is 0.583. The second-order valence-electron chi connectivity index (χ2n) is 7.93. The number of piperidine rings is 1. The fourth-order valence-corrected chi connectivity index (χ4v) is 3.78. The fraction of sp³-hybridized carbons (Fsp3) is 0.269. The van der Waals surface area contributed by atoms with E-state index in [9.17, 15) is 14.3 Å². The number of phenols is 1. The first-order valence-corrected chi connectivity index (χ1v) is 10.7. The molecule has 0 aliphatic carbocycles. The molecule has 1 aliphatic heterocycles. The zero-order chi connectivity index (χ0) is 22.3. The molecule has 0 aromatic heterocycles. The van der Waals surface area contributed by atoms with E-state index in [-0.39, 0.29) is 30.0 Å². The Morgan fingerprint density at radius 1 is 0.938 bits per heavy atom. The number of hydrogen-bond donors (Lipinski definition) is 1. The smallest absolute Gasteiger partial charge is 0.226 e. The van der Waals surface area contributed by atoms with Gasteiger partial charge >= 0.3 is 0 Å². The average molecular weight is 435 g/mol. The lowest BCUT2D eigenvalue weighted by atomic mass is 10.1. The Bertz CT molecular complexity index is 1050. The first-order chi connectivity index (χ1) is 15.5. The largest absolute Gasteiger partial charge is 0.508 e. The number of carbonyl (C=O) groups is 1. The predicted octanol–water partition coefficient (Wildman–Crippen LogP) is 4.72. The maximum absolute atomic E-state index is 13.2. The molecule has 1 heterocycles. The number of amides is 1. The molecule has 1 aliphatic rings. The molecule has 4 rings (SSSR count). The van der Waals surface area contributed by atoms with Gasteiger partial charge in [-0.15, -0.1) is 0 Å². The van der Waals surface area contributed by atoms with E-state index in [2.05, 4.69) is 0 Å². The number of ether oxygens (including phenoxy) is 2. The minimum Gasteiger partial charge on any atom is -0.508 e. The highest BCUT2D eigenvalue weighted by atomic mass is 19.1. The van der Waals surface area contributed by atoms with Gasteiger partial charge in [-0.2, -0.15) is 0 Å². The summed E-state index contributed by atoms with van der Waals surface area (Å²) in [5.41, 5.74) is 1.59. The van der Waals surface area contributed by atoms with Crippen molar-refractivity contribution in [1.29, 1.82) is 0 Å². The minimum absolute atomic E-state index is 0.0545. The molecule has 0 saturated carbocycles. The molecule has 3 aromatic rings. The second-order valence-corrected chi connectivity index (χ2v) is 7.93. The molecule has 5 nitrogen and oxygen atoms in total. The lowest BCUT2D eigenvalue weighted by Gasteiger charge is -2.32. The van der Waals surface area contributed by atoms with Crippen LogP contribution >= 0.6 is 0 Å². The van der Waals surface area contributed by atoms with Crippen LogP contribution in [0.3, 0.4) is 0 Å². The van der Waals surface area contributed by atoms with Gasteiger partial charge in [-0.05, 0) is 59.7 Å². The van der Waals surface area contributed by atoms with E-state index in [1.165, 1.54) is 12.1 Å². The molecular formula is C26H26FNO4. The number of carbonyl (C=O) groups excluding carboxylic acids is 1. The van der Waals surface area contributed by atoms with Gasteiger partial charge in [0.25, 0.3) is 0 Å². The summed E-state index contributed by atoms with van der Waals surface area (Å²) in [6.07, 6.45) is 1.88. The number of aromatic hydroxyl groups is 1. The van der Waals surface area contributed by atoms with Crippen molar-refractivity contribution in [3.63, 3.8) is 0 Å². The first kappa shape index (κ1) is 21.7. The minimum atomic E-state index is -0.276. The van der Waals surface area contributed by atoms with Crippen LogP contribution in [0.25, 0.3) is 0 Å². The van der Waals surface area contributed by atoms with E-state index in [4.69, 9.17) is 9.47 Å². The molecule has 166 valence electrons. The highest BCUT2D eigenvalue weighted by Gasteiger charge is 2.24. The number of halogens is 1. The van der Waals surface area contributed by atoms with Crippen molar-refractivity contribution in [3.8, 4) is 17.2 Å². The van der Waals surface area contributed by atoms with Crippen molar-refractivity contribution in [1.82, 2.24) is 4.90 Å². The summed E-state index contributed by atoms with van der Waals surface area (Å²) in [6.45, 7) is 1.60. The summed E-state index contributed by atoms with van der Waals surface area (Å²) in [4.78, 5) is 14.4. The third-order valence-electron chi connectivity index (χ3n) is 5.48. The van der Waals surface area contributed by atoms with Crippen molar-refractivity contribution in [2.75, 3.05) is 13.1 Å². The Balaban J connectivity index is 1.22. The summed E-state index contributed by atoms with van der Waals surface area (Å²) >= 11 is 0. The number of rotatable bonds is 7. The summed E-state index contributed by atoms with van der Waals surface area (Å²) in [7, 11) is 0. The molecule has 1 amide bonds. The van der Waals surface area contributed by atoms with Gasteiger partial charge in [0, 0.05) is 25.9 Å². The van der Waals surface area contributed by atoms with Crippen molar-refractivity contribution >= 4 is 5.91 Å². The molecule has 0 atom stereocenters. The van der Waals surface area contributed by atoms with Crippen LogP contribution in [-0.2, 0) is 17.8 Å². The van der Waals surface area contributed by atoms with Gasteiger partial charge < -0.3 is 19.5 Å². The number of benzene rings is 3. The van der Waals surface area contributed by atoms with Crippen LogP contribution in [0.2, 0.25) is 0 Å². The highest BCUT2D eigenvalue weighted by molar-refractivity contribution is 5.79. The van der Waals surface area contributed by atoms with Crippen LogP contribution < -0.4 is 9.47 Å². The molecule has 1 fully saturated rings. The third kappa shape index (κ3) is 6.00. The van der Waals surface area contributed by atoms with Crippen molar-refractivity contribution in [2.45, 2.75) is 32.0 Å². The predicted molar refractivity (Wildman–Crippen MR) is 119 cm³/mol. The molecule has 1 saturated heterocycles. The molecular weight excluding hydrogens is 409 g/mol. The van der Waals surface area contributed by atoms with E-state index in [0.29, 0.717) is 25.4 Å². The van der Waals surface area contributed by atoms with Crippen LogP contribution in [0.1, 0.15) is 24.0 Å². The Morgan fingerprint density at radius 2 is 1.62 bits per heavy atom. The number of phenolic OH excluding ortho intramolecular Hbond substituents is 1. The number of hydrogen-bond acceptors (Lipinski definition) is 4. The van der Waals surface area contributed by atoms with E-state index >= 15 is 0 Å². The lowest BCUT2D eigenvalue weighted by Crippen LogP contribution is -2.42. The van der Waals surface area contributed by atoms with Crippen LogP contribution in [0.4, 0.5) is 4.39 Å². The highest BCUT2D eigenvalue weighted by Crippen LogP contribution is 2.23. The van der Waals surface area contributed by atoms with Crippen LogP contribution in [0.15, 0.2) is 72.8 Å². The van der Waals surface area contributed by atoms with Gasteiger partial charge in [0.05, 0.1) is 6.42 Å². The first-order valence-electron chi connectivity index (χ1n) is 10.7. The van der Waals surface area contributed by atoms with Gasteiger partial charge in [-0.1, -0.05) is 24.3 Å². The molecule has 0 unspecified atom stereocenters. The second kappa shape index (κ2) is 10.2. The van der Waals surface area contributed by atoms with Crippen LogP contribution in [0, 0.1) is 5.82 Å². The summed E-state index contributed by atoms with van der Waals surface area (Å²) in [5, 5.41) is 9.56. The van der Waals surface area contributed by atoms with Crippen molar-refractivity contribution in [2.24, 2.45) is 0 Å². The van der Waals surface area contributed by atoms with Gasteiger partial charge in [-0.25, -0.2) is 4.39 Å². The molecule has 32 heavy (non-hydrogen) atoms. The van der Waals surface area contributed by atoms with E-state index in [0.717, 1.165) is 29.7 Å². The van der Waals surface area contributed by atoms with Crippen molar-refractivity contribution in [3.05, 3.63) is 89.7 Å². The summed E-state index contributed by atoms with van der Waals surface area (Å²) < 4.78 is 25.0. The molecule has 6 heteroatoms.